The smallest absolute Gasteiger partial charge is 0.312 e. The van der Waals surface area contributed by atoms with Gasteiger partial charge in [-0.3, -0.25) is 10.1 Å². The number of aromatic nitrogens is 1. The van der Waals surface area contributed by atoms with Crippen LogP contribution in [0.5, 0.6) is 11.6 Å². The zero-order valence-electron chi connectivity index (χ0n) is 9.14. The van der Waals surface area contributed by atoms with Gasteiger partial charge in [0.15, 0.2) is 0 Å². The Kier molecular flexibility index (Phi) is 4.11. The van der Waals surface area contributed by atoms with Crippen molar-refractivity contribution in [2.75, 3.05) is 0 Å². The molecule has 0 N–H and O–H groups in total. The second kappa shape index (κ2) is 5.62. The van der Waals surface area contributed by atoms with Gasteiger partial charge in [0.2, 0.25) is 11.6 Å². The molecule has 5 nitrogen and oxygen atoms in total. The van der Waals surface area contributed by atoms with Gasteiger partial charge in [-0.2, -0.15) is 0 Å². The van der Waals surface area contributed by atoms with Gasteiger partial charge < -0.3 is 4.74 Å². The first-order valence-corrected chi connectivity index (χ1v) is 6.49. The standard InChI is InChI=1S/C11H5Br2FN2O3/c12-6-1-2-11(15-5-6)19-10-4-8(14)7(13)3-9(10)16(17)18/h1-5H. The normalized spacial score (nSPS) is 10.3. The fourth-order valence-corrected chi connectivity index (χ4v) is 1.84. The quantitative estimate of drug-likeness (QED) is 0.572. The third-order valence-electron chi connectivity index (χ3n) is 2.11. The number of hydrogen-bond donors (Lipinski definition) is 0. The number of nitrogens with zero attached hydrogens (tertiary/aromatic N) is 2. The fraction of sp³-hybridized carbons (Fsp3) is 0. The largest absolute Gasteiger partial charge is 0.432 e. The van der Waals surface area contributed by atoms with Crippen molar-refractivity contribution in [1.29, 1.82) is 0 Å². The summed E-state index contributed by atoms with van der Waals surface area (Å²) in [6.45, 7) is 0. The number of ether oxygens (including phenoxy) is 1. The van der Waals surface area contributed by atoms with Crippen molar-refractivity contribution in [2.24, 2.45) is 0 Å². The van der Waals surface area contributed by atoms with E-state index in [2.05, 4.69) is 36.8 Å². The van der Waals surface area contributed by atoms with Crippen molar-refractivity contribution in [3.63, 3.8) is 0 Å². The molecule has 0 saturated heterocycles. The summed E-state index contributed by atoms with van der Waals surface area (Å²) in [6.07, 6.45) is 1.47. The summed E-state index contributed by atoms with van der Waals surface area (Å²) >= 11 is 6.08. The van der Waals surface area contributed by atoms with E-state index in [-0.39, 0.29) is 21.8 Å². The Morgan fingerprint density at radius 1 is 1.32 bits per heavy atom. The minimum absolute atomic E-state index is 0.00434. The lowest BCUT2D eigenvalue weighted by atomic mass is 10.3. The highest BCUT2D eigenvalue weighted by atomic mass is 79.9. The molecule has 8 heteroatoms. The first-order chi connectivity index (χ1) is 8.97. The van der Waals surface area contributed by atoms with E-state index >= 15 is 0 Å². The Balaban J connectivity index is 2.41. The van der Waals surface area contributed by atoms with Crippen LogP contribution >= 0.6 is 31.9 Å². The summed E-state index contributed by atoms with van der Waals surface area (Å²) in [5, 5.41) is 10.9. The molecule has 2 aromatic rings. The molecule has 0 radical (unpaired) electrons. The molecule has 1 aromatic carbocycles. The first-order valence-electron chi connectivity index (χ1n) is 4.90. The number of hydrogen-bond acceptors (Lipinski definition) is 4. The highest BCUT2D eigenvalue weighted by molar-refractivity contribution is 9.10. The van der Waals surface area contributed by atoms with Gasteiger partial charge in [-0.05, 0) is 37.9 Å². The summed E-state index contributed by atoms with van der Waals surface area (Å²) in [5.41, 5.74) is -0.349. The highest BCUT2D eigenvalue weighted by Crippen LogP contribution is 2.35. The maximum absolute atomic E-state index is 13.4. The van der Waals surface area contributed by atoms with Crippen molar-refractivity contribution in [1.82, 2.24) is 4.98 Å². The van der Waals surface area contributed by atoms with Gasteiger partial charge in [0.05, 0.1) is 9.40 Å². The second-order valence-corrected chi connectivity index (χ2v) is 5.18. The molecule has 0 bridgehead atoms. The van der Waals surface area contributed by atoms with E-state index in [1.165, 1.54) is 12.3 Å². The van der Waals surface area contributed by atoms with Crippen LogP contribution in [0.1, 0.15) is 0 Å². The predicted molar refractivity (Wildman–Crippen MR) is 72.8 cm³/mol. The molecule has 0 atom stereocenters. The molecule has 0 aliphatic carbocycles. The van der Waals surface area contributed by atoms with Crippen LogP contribution in [0.2, 0.25) is 0 Å². The Bertz CT molecular complexity index is 635. The van der Waals surface area contributed by atoms with Gasteiger partial charge in [0.25, 0.3) is 0 Å². The van der Waals surface area contributed by atoms with Crippen molar-refractivity contribution in [2.45, 2.75) is 0 Å². The summed E-state index contributed by atoms with van der Waals surface area (Å²) in [5.74, 6) is -0.730. The Hall–Kier alpha value is -1.54. The maximum atomic E-state index is 13.4. The Labute approximate surface area is 123 Å². The molecule has 0 fully saturated rings. The summed E-state index contributed by atoms with van der Waals surface area (Å²) < 4.78 is 19.4. The molecule has 0 aliphatic rings. The minimum Gasteiger partial charge on any atom is -0.432 e. The van der Waals surface area contributed by atoms with Crippen molar-refractivity contribution in [3.8, 4) is 11.6 Å². The highest BCUT2D eigenvalue weighted by Gasteiger charge is 2.19. The van der Waals surface area contributed by atoms with Crippen molar-refractivity contribution in [3.05, 3.63) is 55.3 Å². The van der Waals surface area contributed by atoms with E-state index < -0.39 is 10.7 Å². The average molecular weight is 392 g/mol. The molecule has 0 amide bonds. The molecule has 98 valence electrons. The monoisotopic (exact) mass is 390 g/mol. The SMILES string of the molecule is O=[N+]([O-])c1cc(Br)c(F)cc1Oc1ccc(Br)cn1. The van der Waals surface area contributed by atoms with Gasteiger partial charge in [-0.25, -0.2) is 9.37 Å². The zero-order valence-corrected chi connectivity index (χ0v) is 12.3. The van der Waals surface area contributed by atoms with Gasteiger partial charge in [0, 0.05) is 28.9 Å². The van der Waals surface area contributed by atoms with Gasteiger partial charge in [-0.15, -0.1) is 0 Å². The summed E-state index contributed by atoms with van der Waals surface area (Å²) in [6, 6.07) is 5.15. The lowest BCUT2D eigenvalue weighted by Crippen LogP contribution is -1.96. The number of nitro benzene ring substituents is 1. The van der Waals surface area contributed by atoms with E-state index in [0.717, 1.165) is 16.6 Å². The molecular weight excluding hydrogens is 387 g/mol. The van der Waals surface area contributed by atoms with Gasteiger partial charge >= 0.3 is 5.69 Å². The van der Waals surface area contributed by atoms with Crippen LogP contribution in [0.3, 0.4) is 0 Å². The zero-order chi connectivity index (χ0) is 14.0. The minimum atomic E-state index is -0.655. The number of halogens is 3. The molecule has 19 heavy (non-hydrogen) atoms. The second-order valence-electron chi connectivity index (χ2n) is 3.41. The summed E-state index contributed by atoms with van der Waals surface area (Å²) in [7, 11) is 0. The first kappa shape index (κ1) is 13.9. The molecule has 1 heterocycles. The number of pyridine rings is 1. The lowest BCUT2D eigenvalue weighted by Gasteiger charge is -2.06. The van der Waals surface area contributed by atoms with Gasteiger partial charge in [-0.1, -0.05) is 0 Å². The van der Waals surface area contributed by atoms with E-state index in [4.69, 9.17) is 4.74 Å². The van der Waals surface area contributed by atoms with E-state index in [0.29, 0.717) is 0 Å². The fourth-order valence-electron chi connectivity index (χ4n) is 1.28. The predicted octanol–water partition coefficient (Wildman–Crippen LogP) is 4.45. The molecule has 2 rings (SSSR count). The van der Waals surface area contributed by atoms with Crippen LogP contribution in [0.4, 0.5) is 10.1 Å². The van der Waals surface area contributed by atoms with Crippen LogP contribution in [-0.2, 0) is 0 Å². The van der Waals surface area contributed by atoms with Gasteiger partial charge in [0.1, 0.15) is 5.82 Å². The lowest BCUT2D eigenvalue weighted by molar-refractivity contribution is -0.385. The van der Waals surface area contributed by atoms with E-state index in [9.17, 15) is 14.5 Å². The summed E-state index contributed by atoms with van der Waals surface area (Å²) in [4.78, 5) is 14.1. The molecular formula is C11H5Br2FN2O3. The van der Waals surface area contributed by atoms with E-state index in [1.807, 2.05) is 0 Å². The number of nitro groups is 1. The van der Waals surface area contributed by atoms with Crippen LogP contribution < -0.4 is 4.74 Å². The Morgan fingerprint density at radius 2 is 2.05 bits per heavy atom. The average Bonchev–Trinajstić information content (AvgIpc) is 2.36. The molecule has 0 spiro atoms. The maximum Gasteiger partial charge on any atom is 0.312 e. The topological polar surface area (TPSA) is 65.3 Å². The van der Waals surface area contributed by atoms with E-state index in [1.54, 1.807) is 6.07 Å². The Morgan fingerprint density at radius 3 is 2.63 bits per heavy atom. The molecule has 0 saturated carbocycles. The van der Waals surface area contributed by atoms with Crippen LogP contribution in [0.25, 0.3) is 0 Å². The van der Waals surface area contributed by atoms with Crippen LogP contribution in [0, 0.1) is 15.9 Å². The number of rotatable bonds is 3. The number of benzene rings is 1. The van der Waals surface area contributed by atoms with Crippen molar-refractivity contribution >= 4 is 37.5 Å². The molecule has 0 aliphatic heterocycles. The molecule has 0 unspecified atom stereocenters. The van der Waals surface area contributed by atoms with Crippen LogP contribution in [-0.4, -0.2) is 9.91 Å². The third-order valence-corrected chi connectivity index (χ3v) is 3.19. The van der Waals surface area contributed by atoms with Crippen molar-refractivity contribution < 1.29 is 14.1 Å². The van der Waals surface area contributed by atoms with Crippen LogP contribution in [0.15, 0.2) is 39.4 Å². The third kappa shape index (κ3) is 3.27. The molecule has 1 aromatic heterocycles.